The van der Waals surface area contributed by atoms with Crippen LogP contribution in [0.15, 0.2) is 40.5 Å². The van der Waals surface area contributed by atoms with E-state index < -0.39 is 25.4 Å². The number of hydrogen-bond donors (Lipinski definition) is 3. The van der Waals surface area contributed by atoms with E-state index in [-0.39, 0.29) is 28.9 Å². The first-order valence-corrected chi connectivity index (χ1v) is 11.8. The van der Waals surface area contributed by atoms with Gasteiger partial charge in [0.15, 0.2) is 0 Å². The molecule has 0 unspecified atom stereocenters. The van der Waals surface area contributed by atoms with Crippen LogP contribution in [0, 0.1) is 0 Å². The Morgan fingerprint density at radius 2 is 1.82 bits per heavy atom. The number of nitrogens with zero attached hydrogens (tertiary/aromatic N) is 2. The highest BCUT2D eigenvalue weighted by Crippen LogP contribution is 2.23. The van der Waals surface area contributed by atoms with E-state index in [9.17, 15) is 21.9 Å². The number of hydrogen-bond acceptors (Lipinski definition) is 8. The molecular weight excluding hydrogens is 404 g/mol. The van der Waals surface area contributed by atoms with E-state index in [1.54, 1.807) is 32.9 Å². The van der Waals surface area contributed by atoms with E-state index in [1.165, 1.54) is 18.3 Å². The SMILES string of the molecule is CC(C)(C)NS(=O)(=O)c1cccc(Nc2nc(S(C)(=O)=O)ncc2CCO)c1. The van der Waals surface area contributed by atoms with Gasteiger partial charge in [-0.25, -0.2) is 31.5 Å². The van der Waals surface area contributed by atoms with Gasteiger partial charge in [-0.15, -0.1) is 0 Å². The fourth-order valence-corrected chi connectivity index (χ4v) is 4.29. The van der Waals surface area contributed by atoms with E-state index in [2.05, 4.69) is 20.0 Å². The van der Waals surface area contributed by atoms with Crippen LogP contribution in [0.5, 0.6) is 0 Å². The van der Waals surface area contributed by atoms with Gasteiger partial charge in [0.2, 0.25) is 25.0 Å². The fourth-order valence-electron chi connectivity index (χ4n) is 2.32. The first kappa shape index (κ1) is 22.2. The summed E-state index contributed by atoms with van der Waals surface area (Å²) >= 11 is 0. The molecule has 1 aromatic heterocycles. The summed E-state index contributed by atoms with van der Waals surface area (Å²) in [4.78, 5) is 7.88. The van der Waals surface area contributed by atoms with Crippen LogP contribution in [0.2, 0.25) is 0 Å². The Balaban J connectivity index is 2.43. The lowest BCUT2D eigenvalue weighted by molar-refractivity contribution is 0.299. The van der Waals surface area contributed by atoms with E-state index in [4.69, 9.17) is 0 Å². The van der Waals surface area contributed by atoms with Gasteiger partial charge in [-0.2, -0.15) is 0 Å². The number of nitrogens with one attached hydrogen (secondary N) is 2. The number of aliphatic hydroxyl groups is 1. The average Bonchev–Trinajstić information content (AvgIpc) is 2.54. The molecule has 28 heavy (non-hydrogen) atoms. The smallest absolute Gasteiger partial charge is 0.248 e. The second kappa shape index (κ2) is 8.11. The van der Waals surface area contributed by atoms with Crippen molar-refractivity contribution < 1.29 is 21.9 Å². The summed E-state index contributed by atoms with van der Waals surface area (Å²) in [5, 5.41) is 11.8. The van der Waals surface area contributed by atoms with Gasteiger partial charge in [0.05, 0.1) is 4.90 Å². The molecule has 0 radical (unpaired) electrons. The topological polar surface area (TPSA) is 138 Å². The van der Waals surface area contributed by atoms with Crippen molar-refractivity contribution in [2.24, 2.45) is 0 Å². The molecule has 0 aliphatic rings. The predicted octanol–water partition coefficient (Wildman–Crippen LogP) is 1.24. The summed E-state index contributed by atoms with van der Waals surface area (Å²) in [5.41, 5.74) is 0.248. The molecule has 0 bridgehead atoms. The Morgan fingerprint density at radius 1 is 1.14 bits per heavy atom. The summed E-state index contributed by atoms with van der Waals surface area (Å²) in [6.45, 7) is 5.03. The molecule has 0 aliphatic heterocycles. The van der Waals surface area contributed by atoms with Crippen molar-refractivity contribution in [2.75, 3.05) is 18.2 Å². The molecule has 0 atom stereocenters. The van der Waals surface area contributed by atoms with Gasteiger partial charge < -0.3 is 10.4 Å². The number of aliphatic hydroxyl groups excluding tert-OH is 1. The Morgan fingerprint density at radius 3 is 2.39 bits per heavy atom. The summed E-state index contributed by atoms with van der Waals surface area (Å²) in [6, 6.07) is 6.06. The van der Waals surface area contributed by atoms with Gasteiger partial charge in [0, 0.05) is 42.3 Å². The molecule has 1 heterocycles. The minimum atomic E-state index is -3.74. The zero-order valence-electron chi connectivity index (χ0n) is 16.1. The Labute approximate surface area is 165 Å². The lowest BCUT2D eigenvalue weighted by atomic mass is 10.1. The van der Waals surface area contributed by atoms with E-state index in [0.717, 1.165) is 6.26 Å². The molecule has 0 saturated carbocycles. The van der Waals surface area contributed by atoms with Crippen LogP contribution < -0.4 is 10.0 Å². The summed E-state index contributed by atoms with van der Waals surface area (Å²) < 4.78 is 51.1. The van der Waals surface area contributed by atoms with Crippen molar-refractivity contribution in [3.63, 3.8) is 0 Å². The summed E-state index contributed by atoms with van der Waals surface area (Å²) in [5.74, 6) is 0.183. The maximum atomic E-state index is 12.5. The molecule has 0 spiro atoms. The van der Waals surface area contributed by atoms with Crippen LogP contribution in [0.25, 0.3) is 0 Å². The van der Waals surface area contributed by atoms with Gasteiger partial charge in [0.1, 0.15) is 5.82 Å². The maximum Gasteiger partial charge on any atom is 0.248 e. The van der Waals surface area contributed by atoms with Gasteiger partial charge in [-0.1, -0.05) is 6.07 Å². The third-order valence-electron chi connectivity index (χ3n) is 3.40. The molecule has 9 nitrogen and oxygen atoms in total. The van der Waals surface area contributed by atoms with Gasteiger partial charge >= 0.3 is 0 Å². The van der Waals surface area contributed by atoms with Gasteiger partial charge in [0.25, 0.3) is 0 Å². The van der Waals surface area contributed by atoms with Crippen molar-refractivity contribution in [1.29, 1.82) is 0 Å². The highest BCUT2D eigenvalue weighted by Gasteiger charge is 2.22. The Hall–Kier alpha value is -2.08. The van der Waals surface area contributed by atoms with Gasteiger partial charge in [-0.05, 0) is 39.0 Å². The van der Waals surface area contributed by atoms with Crippen molar-refractivity contribution in [2.45, 2.75) is 42.8 Å². The summed E-state index contributed by atoms with van der Waals surface area (Å²) in [6.07, 6.45) is 2.52. The third-order valence-corrected chi connectivity index (χ3v) is 6.02. The molecule has 0 aliphatic carbocycles. The molecule has 2 rings (SSSR count). The normalized spacial score (nSPS) is 12.8. The van der Waals surface area contributed by atoms with Crippen LogP contribution in [-0.4, -0.2) is 50.3 Å². The molecule has 3 N–H and O–H groups in total. The highest BCUT2D eigenvalue weighted by molar-refractivity contribution is 7.90. The average molecular weight is 429 g/mol. The van der Waals surface area contributed by atoms with Crippen molar-refractivity contribution >= 4 is 31.4 Å². The standard InChI is InChI=1S/C17H24N4O5S2/c1-17(2,3)21-28(25,26)14-7-5-6-13(10-14)19-15-12(8-9-22)11-18-16(20-15)27(4,23)24/h5-7,10-11,21-22H,8-9H2,1-4H3,(H,18,19,20). The minimum Gasteiger partial charge on any atom is -0.396 e. The fraction of sp³-hybridized carbons (Fsp3) is 0.412. The third kappa shape index (κ3) is 5.96. The van der Waals surface area contributed by atoms with Crippen LogP contribution in [0.4, 0.5) is 11.5 Å². The monoisotopic (exact) mass is 428 g/mol. The largest absolute Gasteiger partial charge is 0.396 e. The molecule has 2 aromatic rings. The number of sulfonamides is 1. The summed E-state index contributed by atoms with van der Waals surface area (Å²) in [7, 11) is -7.37. The number of sulfone groups is 1. The second-order valence-corrected chi connectivity index (χ2v) is 10.9. The second-order valence-electron chi connectivity index (χ2n) is 7.28. The number of benzene rings is 1. The maximum absolute atomic E-state index is 12.5. The molecule has 0 saturated heterocycles. The van der Waals surface area contributed by atoms with E-state index in [1.807, 2.05) is 0 Å². The number of rotatable bonds is 7. The first-order valence-electron chi connectivity index (χ1n) is 8.40. The Bertz CT molecular complexity index is 1060. The zero-order valence-corrected chi connectivity index (χ0v) is 17.7. The predicted molar refractivity (Wildman–Crippen MR) is 106 cm³/mol. The van der Waals surface area contributed by atoms with Gasteiger partial charge in [-0.3, -0.25) is 0 Å². The minimum absolute atomic E-state index is 0.0496. The van der Waals surface area contributed by atoms with E-state index >= 15 is 0 Å². The lowest BCUT2D eigenvalue weighted by Crippen LogP contribution is -2.40. The van der Waals surface area contributed by atoms with Crippen LogP contribution in [-0.2, 0) is 26.3 Å². The van der Waals surface area contributed by atoms with Crippen molar-refractivity contribution in [3.05, 3.63) is 36.0 Å². The number of aromatic nitrogens is 2. The van der Waals surface area contributed by atoms with Crippen LogP contribution in [0.3, 0.4) is 0 Å². The van der Waals surface area contributed by atoms with E-state index in [0.29, 0.717) is 11.3 Å². The molecule has 0 amide bonds. The molecule has 11 heteroatoms. The number of anilines is 2. The van der Waals surface area contributed by atoms with Crippen molar-refractivity contribution in [3.8, 4) is 0 Å². The lowest BCUT2D eigenvalue weighted by Gasteiger charge is -2.20. The molecular formula is C17H24N4O5S2. The first-order chi connectivity index (χ1) is 12.8. The molecule has 0 fully saturated rings. The highest BCUT2D eigenvalue weighted by atomic mass is 32.2. The Kier molecular flexibility index (Phi) is 6.44. The van der Waals surface area contributed by atoms with Crippen LogP contribution in [0.1, 0.15) is 26.3 Å². The molecule has 154 valence electrons. The zero-order chi connectivity index (χ0) is 21.2. The van der Waals surface area contributed by atoms with Crippen molar-refractivity contribution in [1.82, 2.24) is 14.7 Å². The quantitative estimate of drug-likeness (QED) is 0.560. The molecule has 1 aromatic carbocycles. The van der Waals surface area contributed by atoms with Crippen LogP contribution >= 0.6 is 0 Å².